The van der Waals surface area contributed by atoms with Crippen molar-refractivity contribution >= 4 is 17.2 Å². The van der Waals surface area contributed by atoms with Gasteiger partial charge in [-0.3, -0.25) is 5.41 Å². The first-order valence-electron chi connectivity index (χ1n) is 4.11. The average Bonchev–Trinajstić information content (AvgIpc) is 2.70. The Morgan fingerprint density at radius 3 is 2.79 bits per heavy atom. The molecule has 0 aliphatic rings. The Labute approximate surface area is 85.7 Å². The van der Waals surface area contributed by atoms with Gasteiger partial charge in [0.25, 0.3) is 0 Å². The molecule has 3 nitrogen and oxygen atoms in total. The van der Waals surface area contributed by atoms with Crippen LogP contribution in [-0.4, -0.2) is 10.8 Å². The van der Waals surface area contributed by atoms with Crippen molar-refractivity contribution in [3.63, 3.8) is 0 Å². The van der Waals surface area contributed by atoms with Crippen LogP contribution < -0.4 is 5.73 Å². The van der Waals surface area contributed by atoms with Crippen LogP contribution in [0.2, 0.25) is 0 Å². The molecule has 0 amide bonds. The summed E-state index contributed by atoms with van der Waals surface area (Å²) in [5.41, 5.74) is 9.78. The molecule has 0 fully saturated rings. The van der Waals surface area contributed by atoms with Crippen LogP contribution in [0, 0.1) is 5.41 Å². The van der Waals surface area contributed by atoms with Gasteiger partial charge >= 0.3 is 0 Å². The number of nitrogens with two attached hydrogens (primary N) is 1. The van der Waals surface area contributed by atoms with Crippen LogP contribution in [0.25, 0.3) is 11.3 Å². The zero-order valence-corrected chi connectivity index (χ0v) is 8.21. The molecule has 0 unspecified atom stereocenters. The fourth-order valence-electron chi connectivity index (χ4n) is 1.29. The molecule has 3 N–H and O–H groups in total. The Morgan fingerprint density at radius 2 is 2.14 bits per heavy atom. The highest BCUT2D eigenvalue weighted by Crippen LogP contribution is 2.22. The zero-order chi connectivity index (χ0) is 9.97. The van der Waals surface area contributed by atoms with E-state index in [1.54, 1.807) is 5.51 Å². The number of benzene rings is 1. The van der Waals surface area contributed by atoms with E-state index in [-0.39, 0.29) is 5.84 Å². The van der Waals surface area contributed by atoms with Gasteiger partial charge < -0.3 is 5.73 Å². The van der Waals surface area contributed by atoms with Crippen LogP contribution in [-0.2, 0) is 0 Å². The first-order valence-corrected chi connectivity index (χ1v) is 5.05. The van der Waals surface area contributed by atoms with Crippen LogP contribution >= 0.6 is 11.3 Å². The van der Waals surface area contributed by atoms with E-state index in [4.69, 9.17) is 11.1 Å². The second kappa shape index (κ2) is 3.59. The van der Waals surface area contributed by atoms with Crippen LogP contribution in [0.15, 0.2) is 35.2 Å². The van der Waals surface area contributed by atoms with Crippen LogP contribution in [0.4, 0.5) is 0 Å². The van der Waals surface area contributed by atoms with Gasteiger partial charge in [0, 0.05) is 16.5 Å². The monoisotopic (exact) mass is 203 g/mol. The predicted molar refractivity (Wildman–Crippen MR) is 58.6 cm³/mol. The van der Waals surface area contributed by atoms with Gasteiger partial charge in [0.15, 0.2) is 0 Å². The second-order valence-electron chi connectivity index (χ2n) is 2.83. The van der Waals surface area contributed by atoms with Gasteiger partial charge in [-0.2, -0.15) is 0 Å². The van der Waals surface area contributed by atoms with E-state index in [0.29, 0.717) is 0 Å². The Morgan fingerprint density at radius 1 is 1.36 bits per heavy atom. The molecule has 0 atom stereocenters. The third-order valence-corrected chi connectivity index (χ3v) is 2.51. The molecule has 1 aromatic carbocycles. The van der Waals surface area contributed by atoms with Crippen molar-refractivity contribution < 1.29 is 0 Å². The Bertz CT molecular complexity index is 448. The van der Waals surface area contributed by atoms with Gasteiger partial charge in [-0.15, -0.1) is 11.3 Å². The maximum absolute atomic E-state index is 7.43. The van der Waals surface area contributed by atoms with Crippen molar-refractivity contribution in [3.05, 3.63) is 40.7 Å². The Kier molecular flexibility index (Phi) is 2.28. The van der Waals surface area contributed by atoms with Crippen molar-refractivity contribution in [2.24, 2.45) is 5.73 Å². The Hall–Kier alpha value is -1.68. The summed E-state index contributed by atoms with van der Waals surface area (Å²) >= 11 is 1.53. The van der Waals surface area contributed by atoms with E-state index in [2.05, 4.69) is 4.98 Å². The largest absolute Gasteiger partial charge is 0.384 e. The lowest BCUT2D eigenvalue weighted by Gasteiger charge is -2.04. The summed E-state index contributed by atoms with van der Waals surface area (Å²) in [4.78, 5) is 4.20. The summed E-state index contributed by atoms with van der Waals surface area (Å²) in [7, 11) is 0. The van der Waals surface area contributed by atoms with Gasteiger partial charge in [0.1, 0.15) is 5.84 Å². The highest BCUT2D eigenvalue weighted by atomic mass is 32.1. The van der Waals surface area contributed by atoms with Crippen molar-refractivity contribution in [3.8, 4) is 11.3 Å². The Balaban J connectivity index is 2.58. The lowest BCUT2D eigenvalue weighted by Crippen LogP contribution is -2.12. The molecular formula is C10H9N3S. The summed E-state index contributed by atoms with van der Waals surface area (Å²) in [5.74, 6) is 0.0774. The van der Waals surface area contributed by atoms with E-state index in [0.717, 1.165) is 16.8 Å². The van der Waals surface area contributed by atoms with E-state index < -0.39 is 0 Å². The zero-order valence-electron chi connectivity index (χ0n) is 7.40. The van der Waals surface area contributed by atoms with E-state index in [1.165, 1.54) is 11.3 Å². The third kappa shape index (κ3) is 1.52. The molecule has 1 heterocycles. The molecule has 0 bridgehead atoms. The first kappa shape index (κ1) is 8.90. The molecule has 1 aromatic heterocycles. The van der Waals surface area contributed by atoms with Gasteiger partial charge in [0.05, 0.1) is 11.2 Å². The second-order valence-corrected chi connectivity index (χ2v) is 3.55. The van der Waals surface area contributed by atoms with Crippen molar-refractivity contribution in [1.29, 1.82) is 5.41 Å². The summed E-state index contributed by atoms with van der Waals surface area (Å²) in [6.07, 6.45) is 0. The average molecular weight is 203 g/mol. The number of hydrogen-bond acceptors (Lipinski definition) is 3. The van der Waals surface area contributed by atoms with Gasteiger partial charge in [-0.05, 0) is 0 Å². The molecule has 2 rings (SSSR count). The molecule has 0 radical (unpaired) electrons. The number of aromatic nitrogens is 1. The molecule has 0 saturated heterocycles. The molecule has 0 aliphatic carbocycles. The van der Waals surface area contributed by atoms with Crippen molar-refractivity contribution in [2.75, 3.05) is 0 Å². The normalized spacial score (nSPS) is 10.0. The standard InChI is InChI=1S/C10H9N3S/c11-10(12)8-4-2-1-3-7(8)9-5-14-6-13-9/h1-6H,(H3,11,12). The SMILES string of the molecule is N=C(N)c1ccccc1-c1cscn1. The fourth-order valence-corrected chi connectivity index (χ4v) is 1.84. The molecule has 70 valence electrons. The van der Waals surface area contributed by atoms with Crippen molar-refractivity contribution in [2.45, 2.75) is 0 Å². The first-order chi connectivity index (χ1) is 6.79. The molecule has 14 heavy (non-hydrogen) atoms. The van der Waals surface area contributed by atoms with Crippen LogP contribution in [0.5, 0.6) is 0 Å². The van der Waals surface area contributed by atoms with Gasteiger partial charge in [-0.25, -0.2) is 4.98 Å². The van der Waals surface area contributed by atoms with E-state index >= 15 is 0 Å². The minimum atomic E-state index is 0.0774. The number of rotatable bonds is 2. The molecule has 0 saturated carbocycles. The highest BCUT2D eigenvalue weighted by molar-refractivity contribution is 7.07. The van der Waals surface area contributed by atoms with E-state index in [1.807, 2.05) is 29.6 Å². The summed E-state index contributed by atoms with van der Waals surface area (Å²) in [5, 5.41) is 9.38. The number of nitrogen functional groups attached to an aromatic ring is 1. The van der Waals surface area contributed by atoms with E-state index in [9.17, 15) is 0 Å². The van der Waals surface area contributed by atoms with Crippen LogP contribution in [0.3, 0.4) is 0 Å². The number of amidine groups is 1. The fraction of sp³-hybridized carbons (Fsp3) is 0. The predicted octanol–water partition coefficient (Wildman–Crippen LogP) is 2.09. The molecule has 0 spiro atoms. The maximum Gasteiger partial charge on any atom is 0.123 e. The quantitative estimate of drug-likeness (QED) is 0.580. The lowest BCUT2D eigenvalue weighted by atomic mass is 10.0. The third-order valence-electron chi connectivity index (χ3n) is 1.93. The molecule has 4 heteroatoms. The number of thiazole rings is 1. The molecule has 0 aliphatic heterocycles. The minimum Gasteiger partial charge on any atom is -0.384 e. The minimum absolute atomic E-state index is 0.0774. The number of nitrogens with one attached hydrogen (secondary N) is 1. The topological polar surface area (TPSA) is 62.8 Å². The number of hydrogen-bond donors (Lipinski definition) is 2. The summed E-state index contributed by atoms with van der Waals surface area (Å²) in [6.45, 7) is 0. The summed E-state index contributed by atoms with van der Waals surface area (Å²) in [6, 6.07) is 7.54. The number of nitrogens with zero attached hydrogens (tertiary/aromatic N) is 1. The smallest absolute Gasteiger partial charge is 0.123 e. The van der Waals surface area contributed by atoms with Gasteiger partial charge in [-0.1, -0.05) is 24.3 Å². The van der Waals surface area contributed by atoms with Crippen LogP contribution in [0.1, 0.15) is 5.56 Å². The molecule has 2 aromatic rings. The molecular weight excluding hydrogens is 194 g/mol. The lowest BCUT2D eigenvalue weighted by molar-refractivity contribution is 1.38. The van der Waals surface area contributed by atoms with Crippen molar-refractivity contribution in [1.82, 2.24) is 4.98 Å². The highest BCUT2D eigenvalue weighted by Gasteiger charge is 2.07. The maximum atomic E-state index is 7.43. The summed E-state index contributed by atoms with van der Waals surface area (Å²) < 4.78 is 0. The van der Waals surface area contributed by atoms with Gasteiger partial charge in [0.2, 0.25) is 0 Å².